The van der Waals surface area contributed by atoms with E-state index < -0.39 is 5.97 Å². The first kappa shape index (κ1) is 18.6. The van der Waals surface area contributed by atoms with Crippen molar-refractivity contribution in [3.63, 3.8) is 0 Å². The van der Waals surface area contributed by atoms with Crippen LogP contribution in [0.3, 0.4) is 0 Å². The number of aromatic nitrogens is 1. The second kappa shape index (κ2) is 9.57. The van der Waals surface area contributed by atoms with E-state index in [1.54, 1.807) is 19.3 Å². The van der Waals surface area contributed by atoms with Gasteiger partial charge in [0.2, 0.25) is 0 Å². The molecular weight excluding hydrogens is 318 g/mol. The minimum Gasteiger partial charge on any atom is -0.481 e. The van der Waals surface area contributed by atoms with Gasteiger partial charge in [0.1, 0.15) is 0 Å². The number of ether oxygens (including phenoxy) is 1. The summed E-state index contributed by atoms with van der Waals surface area (Å²) in [7, 11) is 0. The lowest BCUT2D eigenvalue weighted by Gasteiger charge is -2.10. The number of esters is 1. The summed E-state index contributed by atoms with van der Waals surface area (Å²) < 4.78 is 4.98. The highest BCUT2D eigenvalue weighted by molar-refractivity contribution is 5.69. The van der Waals surface area contributed by atoms with Gasteiger partial charge in [-0.3, -0.25) is 14.6 Å². The Labute approximate surface area is 147 Å². The van der Waals surface area contributed by atoms with Crippen molar-refractivity contribution >= 4 is 11.9 Å². The Morgan fingerprint density at radius 3 is 2.16 bits per heavy atom. The summed E-state index contributed by atoms with van der Waals surface area (Å²) >= 11 is 0. The zero-order valence-electron chi connectivity index (χ0n) is 14.4. The van der Waals surface area contributed by atoms with Crippen LogP contribution in [0, 0.1) is 0 Å². The number of carbonyl (C=O) groups is 2. The van der Waals surface area contributed by atoms with Gasteiger partial charge in [-0.2, -0.15) is 0 Å². The molecule has 5 nitrogen and oxygen atoms in total. The van der Waals surface area contributed by atoms with E-state index in [0.29, 0.717) is 25.9 Å². The molecule has 0 unspecified atom stereocenters. The molecule has 2 rings (SSSR count). The molecule has 25 heavy (non-hydrogen) atoms. The largest absolute Gasteiger partial charge is 0.481 e. The van der Waals surface area contributed by atoms with Gasteiger partial charge in [-0.1, -0.05) is 18.2 Å². The zero-order chi connectivity index (χ0) is 18.1. The number of rotatable bonds is 9. The van der Waals surface area contributed by atoms with Crippen LogP contribution in [0.1, 0.15) is 42.0 Å². The number of hydrogen-bond acceptors (Lipinski definition) is 4. The van der Waals surface area contributed by atoms with Crippen LogP contribution in [0.4, 0.5) is 0 Å². The number of pyridine rings is 1. The minimum absolute atomic E-state index is 0.0933. The third kappa shape index (κ3) is 6.75. The van der Waals surface area contributed by atoms with E-state index >= 15 is 0 Å². The van der Waals surface area contributed by atoms with Crippen molar-refractivity contribution in [1.82, 2.24) is 4.98 Å². The monoisotopic (exact) mass is 341 g/mol. The molecule has 0 fully saturated rings. The average molecular weight is 341 g/mol. The third-order valence-electron chi connectivity index (χ3n) is 3.82. The van der Waals surface area contributed by atoms with Gasteiger partial charge in [-0.05, 0) is 60.6 Å². The predicted molar refractivity (Wildman–Crippen MR) is 94.4 cm³/mol. The van der Waals surface area contributed by atoms with Crippen LogP contribution in [0.5, 0.6) is 0 Å². The van der Waals surface area contributed by atoms with Gasteiger partial charge in [0.25, 0.3) is 0 Å². The standard InChI is InChI=1S/C20H23NO4/c1-2-25-20(24)6-4-17-12-16(3-5-19(22)23)13-18(14-17)11-15-7-9-21-10-8-15/h7-10,12-14H,2-6,11H2,1H3,(H,22,23). The fraction of sp³-hybridized carbons (Fsp3) is 0.350. The van der Waals surface area contributed by atoms with E-state index in [1.165, 1.54) is 0 Å². The summed E-state index contributed by atoms with van der Waals surface area (Å²) in [4.78, 5) is 26.5. The zero-order valence-corrected chi connectivity index (χ0v) is 14.4. The van der Waals surface area contributed by atoms with Crippen LogP contribution in [0.2, 0.25) is 0 Å². The smallest absolute Gasteiger partial charge is 0.306 e. The third-order valence-corrected chi connectivity index (χ3v) is 3.82. The molecule has 0 aliphatic carbocycles. The van der Waals surface area contributed by atoms with Crippen LogP contribution in [0.15, 0.2) is 42.7 Å². The minimum atomic E-state index is -0.812. The number of carboxylic acids is 1. The Bertz CT molecular complexity index is 713. The molecule has 0 spiro atoms. The molecule has 0 saturated carbocycles. The Morgan fingerprint density at radius 2 is 1.56 bits per heavy atom. The number of aryl methyl sites for hydroxylation is 2. The van der Waals surface area contributed by atoms with E-state index in [2.05, 4.69) is 11.1 Å². The van der Waals surface area contributed by atoms with Gasteiger partial charge in [0.05, 0.1) is 6.61 Å². The van der Waals surface area contributed by atoms with E-state index in [-0.39, 0.29) is 12.4 Å². The molecule has 2 aromatic rings. The summed E-state index contributed by atoms with van der Waals surface area (Å²) in [6, 6.07) is 10.0. The van der Waals surface area contributed by atoms with Gasteiger partial charge in [0.15, 0.2) is 0 Å². The molecule has 1 heterocycles. The average Bonchev–Trinajstić information content (AvgIpc) is 2.59. The molecule has 1 aromatic carbocycles. The van der Waals surface area contributed by atoms with Crippen molar-refractivity contribution < 1.29 is 19.4 Å². The van der Waals surface area contributed by atoms with Crippen LogP contribution >= 0.6 is 0 Å². The lowest BCUT2D eigenvalue weighted by atomic mass is 9.96. The molecule has 0 atom stereocenters. The van der Waals surface area contributed by atoms with Crippen molar-refractivity contribution in [3.05, 3.63) is 65.0 Å². The van der Waals surface area contributed by atoms with Crippen molar-refractivity contribution in [3.8, 4) is 0 Å². The lowest BCUT2D eigenvalue weighted by molar-refractivity contribution is -0.143. The van der Waals surface area contributed by atoms with Crippen molar-refractivity contribution in [2.24, 2.45) is 0 Å². The lowest BCUT2D eigenvalue weighted by Crippen LogP contribution is -2.06. The molecule has 0 bridgehead atoms. The molecule has 1 N–H and O–H groups in total. The van der Waals surface area contributed by atoms with E-state index in [4.69, 9.17) is 9.84 Å². The molecule has 0 saturated heterocycles. The van der Waals surface area contributed by atoms with Gasteiger partial charge in [0, 0.05) is 25.2 Å². The first-order chi connectivity index (χ1) is 12.1. The normalized spacial score (nSPS) is 10.4. The van der Waals surface area contributed by atoms with Crippen molar-refractivity contribution in [2.75, 3.05) is 6.61 Å². The fourth-order valence-corrected chi connectivity index (χ4v) is 2.70. The summed E-state index contributed by atoms with van der Waals surface area (Å²) in [6.07, 6.45) is 5.74. The van der Waals surface area contributed by atoms with Crippen LogP contribution < -0.4 is 0 Å². The topological polar surface area (TPSA) is 76.5 Å². The number of nitrogens with zero attached hydrogens (tertiary/aromatic N) is 1. The van der Waals surface area contributed by atoms with Crippen molar-refractivity contribution in [2.45, 2.75) is 39.0 Å². The number of benzene rings is 1. The Hall–Kier alpha value is -2.69. The van der Waals surface area contributed by atoms with E-state index in [9.17, 15) is 9.59 Å². The summed E-state index contributed by atoms with van der Waals surface area (Å²) in [5, 5.41) is 8.92. The fourth-order valence-electron chi connectivity index (χ4n) is 2.70. The van der Waals surface area contributed by atoms with Crippen molar-refractivity contribution in [1.29, 1.82) is 0 Å². The highest BCUT2D eigenvalue weighted by Gasteiger charge is 2.08. The van der Waals surface area contributed by atoms with Gasteiger partial charge in [-0.25, -0.2) is 0 Å². The van der Waals surface area contributed by atoms with Gasteiger partial charge in [-0.15, -0.1) is 0 Å². The highest BCUT2D eigenvalue weighted by atomic mass is 16.5. The quantitative estimate of drug-likeness (QED) is 0.709. The van der Waals surface area contributed by atoms with E-state index in [1.807, 2.05) is 24.3 Å². The molecule has 0 amide bonds. The maximum Gasteiger partial charge on any atom is 0.306 e. The maximum absolute atomic E-state index is 11.6. The number of hydrogen-bond donors (Lipinski definition) is 1. The molecule has 0 aliphatic heterocycles. The molecular formula is C20H23NO4. The van der Waals surface area contributed by atoms with Gasteiger partial charge >= 0.3 is 11.9 Å². The highest BCUT2D eigenvalue weighted by Crippen LogP contribution is 2.17. The number of aliphatic carboxylic acids is 1. The maximum atomic E-state index is 11.6. The predicted octanol–water partition coefficient (Wildman–Crippen LogP) is 3.19. The number of carbonyl (C=O) groups excluding carboxylic acids is 1. The van der Waals surface area contributed by atoms with Gasteiger partial charge < -0.3 is 9.84 Å². The Balaban J connectivity index is 2.15. The summed E-state index contributed by atoms with van der Waals surface area (Å²) in [6.45, 7) is 2.17. The molecule has 0 radical (unpaired) electrons. The Morgan fingerprint density at radius 1 is 0.960 bits per heavy atom. The number of carboxylic acid groups (broad SMARTS) is 1. The second-order valence-electron chi connectivity index (χ2n) is 5.89. The van der Waals surface area contributed by atoms with Crippen LogP contribution in [0.25, 0.3) is 0 Å². The summed E-state index contributed by atoms with van der Waals surface area (Å²) in [5.74, 6) is -1.03. The first-order valence-electron chi connectivity index (χ1n) is 8.45. The molecule has 5 heteroatoms. The van der Waals surface area contributed by atoms with Crippen LogP contribution in [-0.4, -0.2) is 28.6 Å². The first-order valence-corrected chi connectivity index (χ1v) is 8.45. The molecule has 0 aliphatic rings. The Kier molecular flexibility index (Phi) is 7.14. The van der Waals surface area contributed by atoms with E-state index in [0.717, 1.165) is 28.7 Å². The van der Waals surface area contributed by atoms with Crippen LogP contribution in [-0.2, 0) is 33.6 Å². The molecule has 1 aromatic heterocycles. The molecule has 132 valence electrons. The SMILES string of the molecule is CCOC(=O)CCc1cc(CCC(=O)O)cc(Cc2ccncc2)c1. The second-order valence-corrected chi connectivity index (χ2v) is 5.89. The summed E-state index contributed by atoms with van der Waals surface area (Å²) in [5.41, 5.74) is 4.25.